The molecule has 0 saturated carbocycles. The van der Waals surface area contributed by atoms with Crippen molar-refractivity contribution in [1.29, 1.82) is 0 Å². The molecule has 186 valence electrons. The highest BCUT2D eigenvalue weighted by Gasteiger charge is 2.41. The third-order valence-electron chi connectivity index (χ3n) is 7.26. The molecule has 1 atom stereocenters. The molecule has 1 aliphatic heterocycles. The monoisotopic (exact) mass is 499 g/mol. The van der Waals surface area contributed by atoms with Gasteiger partial charge < -0.3 is 8.83 Å². The second kappa shape index (κ2) is 9.23. The lowest BCUT2D eigenvalue weighted by atomic mass is 9.88. The summed E-state index contributed by atoms with van der Waals surface area (Å²) in [6.45, 7) is 0. The number of hydrogen-bond donors (Lipinski definition) is 1. The minimum Gasteiger partial charge on any atom is -0.467 e. The van der Waals surface area contributed by atoms with Crippen LogP contribution in [0.2, 0.25) is 0 Å². The number of hydrogen-bond acceptors (Lipinski definition) is 5. The number of hydrazine groups is 1. The zero-order chi connectivity index (χ0) is 25.5. The molecule has 0 radical (unpaired) electrons. The van der Waals surface area contributed by atoms with Crippen LogP contribution < -0.4 is 5.43 Å². The smallest absolute Gasteiger partial charge is 0.273 e. The van der Waals surface area contributed by atoms with Gasteiger partial charge in [-0.3, -0.25) is 10.2 Å². The lowest BCUT2D eigenvalue weighted by Crippen LogP contribution is -2.40. The van der Waals surface area contributed by atoms with Gasteiger partial charge in [-0.15, -0.1) is 0 Å². The van der Waals surface area contributed by atoms with Crippen molar-refractivity contribution in [3.8, 4) is 11.3 Å². The van der Waals surface area contributed by atoms with Crippen LogP contribution in [0.1, 0.15) is 47.2 Å². The van der Waals surface area contributed by atoms with Gasteiger partial charge in [0.25, 0.3) is 5.91 Å². The lowest BCUT2D eigenvalue weighted by Gasteiger charge is -2.26. The van der Waals surface area contributed by atoms with Crippen LogP contribution in [0.4, 0.5) is 0 Å². The van der Waals surface area contributed by atoms with Crippen LogP contribution in [0, 0.1) is 0 Å². The number of nitrogens with zero attached hydrogens (tertiary/aromatic N) is 2. The van der Waals surface area contributed by atoms with E-state index in [0.29, 0.717) is 5.56 Å². The predicted molar refractivity (Wildman–Crippen MR) is 145 cm³/mol. The molecule has 0 saturated heterocycles. The molecule has 38 heavy (non-hydrogen) atoms. The van der Waals surface area contributed by atoms with Crippen molar-refractivity contribution in [3.05, 3.63) is 131 Å². The third kappa shape index (κ3) is 3.82. The largest absolute Gasteiger partial charge is 0.467 e. The zero-order valence-electron chi connectivity index (χ0n) is 20.6. The maximum Gasteiger partial charge on any atom is 0.273 e. The number of benzene rings is 2. The standard InChI is InChI=1S/C32H25N3O3/c36-32(26-20-28(21-9-2-1-3-10-21)33-27-15-5-4-13-24(26)27)35-31(29-16-8-18-38-29)25-14-6-11-22(30(25)34-35)19-23-12-7-17-37-23/h1-5,7-10,12-13,15-20,31,34H,6,11,14H2/b22-19+/t31-/m0/s1. The summed E-state index contributed by atoms with van der Waals surface area (Å²) in [5, 5.41) is 2.54. The number of rotatable bonds is 4. The minimum atomic E-state index is -0.347. The normalized spacial score (nSPS) is 18.2. The van der Waals surface area contributed by atoms with Gasteiger partial charge in [0.15, 0.2) is 0 Å². The average molecular weight is 500 g/mol. The van der Waals surface area contributed by atoms with E-state index in [9.17, 15) is 4.79 Å². The molecule has 6 nitrogen and oxygen atoms in total. The van der Waals surface area contributed by atoms with E-state index >= 15 is 0 Å². The molecule has 0 unspecified atom stereocenters. The molecule has 0 spiro atoms. The number of carbonyl (C=O) groups excluding carboxylic acids is 1. The van der Waals surface area contributed by atoms with Crippen molar-refractivity contribution in [3.63, 3.8) is 0 Å². The number of amides is 1. The predicted octanol–water partition coefficient (Wildman–Crippen LogP) is 7.31. The fraction of sp³-hybridized carbons (Fsp3) is 0.125. The third-order valence-corrected chi connectivity index (χ3v) is 7.26. The van der Waals surface area contributed by atoms with Crippen molar-refractivity contribution >= 4 is 22.9 Å². The first-order valence-corrected chi connectivity index (χ1v) is 12.8. The van der Waals surface area contributed by atoms with E-state index in [0.717, 1.165) is 69.8 Å². The van der Waals surface area contributed by atoms with Crippen molar-refractivity contribution in [2.24, 2.45) is 0 Å². The van der Waals surface area contributed by atoms with Gasteiger partial charge in [0.05, 0.1) is 35.0 Å². The minimum absolute atomic E-state index is 0.131. The first kappa shape index (κ1) is 22.4. The number of allylic oxidation sites excluding steroid dienone is 1. The Balaban J connectivity index is 1.35. The highest BCUT2D eigenvalue weighted by atomic mass is 16.3. The Kier molecular flexibility index (Phi) is 5.43. The number of para-hydroxylation sites is 1. The van der Waals surface area contributed by atoms with Crippen LogP contribution in [0.3, 0.4) is 0 Å². The van der Waals surface area contributed by atoms with Gasteiger partial charge in [0.2, 0.25) is 0 Å². The molecule has 0 fully saturated rings. The molecule has 1 aliphatic carbocycles. The van der Waals surface area contributed by atoms with E-state index in [1.807, 2.05) is 84.9 Å². The molecule has 2 aromatic carbocycles. The summed E-state index contributed by atoms with van der Waals surface area (Å²) in [6.07, 6.45) is 8.16. The summed E-state index contributed by atoms with van der Waals surface area (Å²) >= 11 is 0. The second-order valence-electron chi connectivity index (χ2n) is 9.58. The SMILES string of the molecule is O=C(c1cc(-c2ccccc2)nc2ccccc12)N1NC2=C(CCC/C2=C\c2ccco2)[C@H]1c1ccco1. The van der Waals surface area contributed by atoms with E-state index in [1.54, 1.807) is 17.5 Å². The summed E-state index contributed by atoms with van der Waals surface area (Å²) in [6, 6.07) is 26.9. The molecule has 5 aromatic rings. The van der Waals surface area contributed by atoms with Crippen LogP contribution in [0.15, 0.2) is 123 Å². The van der Waals surface area contributed by atoms with E-state index < -0.39 is 0 Å². The highest BCUT2D eigenvalue weighted by Crippen LogP contribution is 2.45. The van der Waals surface area contributed by atoms with Crippen LogP contribution >= 0.6 is 0 Å². The number of furan rings is 2. The van der Waals surface area contributed by atoms with Gasteiger partial charge in [-0.1, -0.05) is 48.5 Å². The zero-order valence-corrected chi connectivity index (χ0v) is 20.6. The van der Waals surface area contributed by atoms with Gasteiger partial charge in [0.1, 0.15) is 17.6 Å². The Morgan fingerprint density at radius 2 is 1.74 bits per heavy atom. The fourth-order valence-corrected chi connectivity index (χ4v) is 5.53. The van der Waals surface area contributed by atoms with E-state index in [1.165, 1.54) is 0 Å². The summed E-state index contributed by atoms with van der Waals surface area (Å²) in [5.41, 5.74) is 9.84. The average Bonchev–Trinajstić information content (AvgIpc) is 3.74. The van der Waals surface area contributed by atoms with Crippen molar-refractivity contribution in [2.45, 2.75) is 25.3 Å². The topological polar surface area (TPSA) is 71.5 Å². The Hall–Kier alpha value is -4.84. The molecule has 0 bridgehead atoms. The number of aromatic nitrogens is 1. The Morgan fingerprint density at radius 3 is 2.55 bits per heavy atom. The van der Waals surface area contributed by atoms with Gasteiger partial charge in [-0.25, -0.2) is 9.99 Å². The van der Waals surface area contributed by atoms with E-state index in [4.69, 9.17) is 13.8 Å². The molecule has 2 aliphatic rings. The first-order chi connectivity index (χ1) is 18.8. The molecule has 1 amide bonds. The Labute approximate surface area is 219 Å². The number of carbonyl (C=O) groups is 1. The van der Waals surface area contributed by atoms with Crippen LogP contribution in [0.25, 0.3) is 28.2 Å². The summed E-state index contributed by atoms with van der Waals surface area (Å²) in [4.78, 5) is 19.3. The molecule has 7 rings (SSSR count). The molecule has 6 heteroatoms. The number of fused-ring (bicyclic) bond motifs is 1. The van der Waals surface area contributed by atoms with Crippen LogP contribution in [0.5, 0.6) is 0 Å². The van der Waals surface area contributed by atoms with Crippen LogP contribution in [-0.2, 0) is 0 Å². The molecular weight excluding hydrogens is 474 g/mol. The lowest BCUT2D eigenvalue weighted by molar-refractivity contribution is 0.0639. The molecule has 1 N–H and O–H groups in total. The quantitative estimate of drug-likeness (QED) is 0.281. The molecular formula is C32H25N3O3. The number of nitrogens with one attached hydrogen (secondary N) is 1. The fourth-order valence-electron chi connectivity index (χ4n) is 5.53. The summed E-state index contributed by atoms with van der Waals surface area (Å²) < 4.78 is 11.5. The van der Waals surface area contributed by atoms with Crippen molar-refractivity contribution < 1.29 is 13.6 Å². The van der Waals surface area contributed by atoms with Gasteiger partial charge >= 0.3 is 0 Å². The second-order valence-corrected chi connectivity index (χ2v) is 9.58. The van der Waals surface area contributed by atoms with Crippen molar-refractivity contribution in [1.82, 2.24) is 15.4 Å². The Morgan fingerprint density at radius 1 is 0.921 bits per heavy atom. The number of pyridine rings is 1. The maximum atomic E-state index is 14.4. The van der Waals surface area contributed by atoms with Gasteiger partial charge in [-0.05, 0) is 72.9 Å². The molecule has 4 heterocycles. The van der Waals surface area contributed by atoms with E-state index in [2.05, 4.69) is 11.5 Å². The first-order valence-electron chi connectivity index (χ1n) is 12.8. The van der Waals surface area contributed by atoms with Crippen LogP contribution in [-0.4, -0.2) is 15.9 Å². The maximum absolute atomic E-state index is 14.4. The Bertz CT molecular complexity index is 1680. The van der Waals surface area contributed by atoms with Gasteiger partial charge in [-0.2, -0.15) is 0 Å². The summed E-state index contributed by atoms with van der Waals surface area (Å²) in [7, 11) is 0. The molecule has 3 aromatic heterocycles. The summed E-state index contributed by atoms with van der Waals surface area (Å²) in [5.74, 6) is 1.40. The van der Waals surface area contributed by atoms with Crippen molar-refractivity contribution in [2.75, 3.05) is 0 Å². The van der Waals surface area contributed by atoms with E-state index in [-0.39, 0.29) is 11.9 Å². The van der Waals surface area contributed by atoms with Gasteiger partial charge in [0, 0.05) is 10.9 Å². The highest BCUT2D eigenvalue weighted by molar-refractivity contribution is 6.07.